The van der Waals surface area contributed by atoms with E-state index in [1.54, 1.807) is 10.7 Å². The lowest BCUT2D eigenvalue weighted by atomic mass is 10.4. The largest absolute Gasteiger partial charge is 0.233 e. The van der Waals surface area contributed by atoms with Crippen LogP contribution in [0.1, 0.15) is 5.69 Å². The number of hydrogen-bond acceptors (Lipinski definition) is 2. The first-order valence-electron chi connectivity index (χ1n) is 3.25. The van der Waals surface area contributed by atoms with Crippen molar-refractivity contribution in [2.75, 3.05) is 0 Å². The van der Waals surface area contributed by atoms with Gasteiger partial charge in [0.15, 0.2) is 5.65 Å². The van der Waals surface area contributed by atoms with Crippen molar-refractivity contribution in [1.29, 1.82) is 0 Å². The van der Waals surface area contributed by atoms with Crippen molar-refractivity contribution in [2.45, 2.75) is 5.33 Å². The number of fused-ring (bicyclic) bond motifs is 1. The predicted octanol–water partition coefficient (Wildman–Crippen LogP) is 1.62. The minimum atomic E-state index is 0.786. The van der Waals surface area contributed by atoms with Crippen LogP contribution in [0, 0.1) is 0 Å². The third-order valence-electron chi connectivity index (χ3n) is 1.45. The second-order valence-electron chi connectivity index (χ2n) is 2.19. The molecule has 0 aliphatic rings. The molecule has 3 nitrogen and oxygen atoms in total. The first-order chi connectivity index (χ1) is 5.40. The molecule has 0 N–H and O–H groups in total. The zero-order chi connectivity index (χ0) is 7.68. The Morgan fingerprint density at radius 2 is 2.36 bits per heavy atom. The van der Waals surface area contributed by atoms with E-state index >= 15 is 0 Å². The van der Waals surface area contributed by atoms with E-state index in [1.165, 1.54) is 0 Å². The summed E-state index contributed by atoms with van der Waals surface area (Å²) in [4.78, 5) is 4.31. The van der Waals surface area contributed by atoms with Crippen LogP contribution in [0.4, 0.5) is 0 Å². The van der Waals surface area contributed by atoms with Crippen LogP contribution in [0.3, 0.4) is 0 Å². The number of halogens is 1. The van der Waals surface area contributed by atoms with Gasteiger partial charge in [-0.25, -0.2) is 9.50 Å². The van der Waals surface area contributed by atoms with Crippen molar-refractivity contribution in [1.82, 2.24) is 14.6 Å². The van der Waals surface area contributed by atoms with E-state index < -0.39 is 0 Å². The Morgan fingerprint density at radius 1 is 1.45 bits per heavy atom. The van der Waals surface area contributed by atoms with E-state index in [-0.39, 0.29) is 0 Å². The van der Waals surface area contributed by atoms with Gasteiger partial charge in [0.1, 0.15) is 0 Å². The summed E-state index contributed by atoms with van der Waals surface area (Å²) < 4.78 is 1.74. The van der Waals surface area contributed by atoms with Crippen LogP contribution >= 0.6 is 15.9 Å². The molecule has 2 aromatic heterocycles. The molecule has 0 amide bonds. The molecule has 0 unspecified atom stereocenters. The van der Waals surface area contributed by atoms with E-state index in [9.17, 15) is 0 Å². The molecule has 0 radical (unpaired) electrons. The van der Waals surface area contributed by atoms with Gasteiger partial charge in [0.25, 0.3) is 0 Å². The van der Waals surface area contributed by atoms with Crippen LogP contribution in [0.2, 0.25) is 0 Å². The number of aromatic nitrogens is 3. The molecule has 0 fully saturated rings. The normalized spacial score (nSPS) is 10.6. The van der Waals surface area contributed by atoms with Crippen LogP contribution in [-0.2, 0) is 5.33 Å². The summed E-state index contributed by atoms with van der Waals surface area (Å²) in [7, 11) is 0. The van der Waals surface area contributed by atoms with Gasteiger partial charge in [-0.15, -0.1) is 0 Å². The summed E-state index contributed by atoms with van der Waals surface area (Å²) in [6, 6.07) is 3.82. The predicted molar refractivity (Wildman–Crippen MR) is 45.6 cm³/mol. The maximum Gasteiger partial charge on any atom is 0.155 e. The van der Waals surface area contributed by atoms with Crippen LogP contribution in [-0.4, -0.2) is 14.6 Å². The van der Waals surface area contributed by atoms with Crippen LogP contribution < -0.4 is 0 Å². The van der Waals surface area contributed by atoms with Gasteiger partial charge in [0, 0.05) is 17.6 Å². The molecule has 11 heavy (non-hydrogen) atoms. The van der Waals surface area contributed by atoms with E-state index in [4.69, 9.17) is 0 Å². The summed E-state index contributed by atoms with van der Waals surface area (Å²) in [5.41, 5.74) is 1.92. The summed E-state index contributed by atoms with van der Waals surface area (Å²) >= 11 is 3.34. The van der Waals surface area contributed by atoms with Crippen molar-refractivity contribution in [3.8, 4) is 0 Å². The zero-order valence-electron chi connectivity index (χ0n) is 5.74. The number of hydrogen-bond donors (Lipinski definition) is 0. The Labute approximate surface area is 72.2 Å². The van der Waals surface area contributed by atoms with E-state index in [0.29, 0.717) is 0 Å². The van der Waals surface area contributed by atoms with Crippen molar-refractivity contribution in [3.63, 3.8) is 0 Å². The van der Waals surface area contributed by atoms with E-state index in [1.807, 2.05) is 18.3 Å². The Bertz CT molecular complexity index is 368. The second-order valence-corrected chi connectivity index (χ2v) is 2.75. The lowest BCUT2D eigenvalue weighted by molar-refractivity contribution is 0.928. The second kappa shape index (κ2) is 2.62. The highest BCUT2D eigenvalue weighted by atomic mass is 79.9. The fourth-order valence-electron chi connectivity index (χ4n) is 0.926. The minimum Gasteiger partial charge on any atom is -0.233 e. The molecule has 2 rings (SSSR count). The van der Waals surface area contributed by atoms with Crippen molar-refractivity contribution in [2.24, 2.45) is 0 Å². The van der Waals surface area contributed by atoms with Gasteiger partial charge in [0.05, 0.1) is 11.9 Å². The SMILES string of the molecule is BrCc1ccn2nccc2n1. The molecule has 0 aliphatic heterocycles. The van der Waals surface area contributed by atoms with Crippen LogP contribution in [0.5, 0.6) is 0 Å². The van der Waals surface area contributed by atoms with Crippen molar-refractivity contribution >= 4 is 21.6 Å². The van der Waals surface area contributed by atoms with Crippen molar-refractivity contribution in [3.05, 3.63) is 30.2 Å². The van der Waals surface area contributed by atoms with Gasteiger partial charge in [0.2, 0.25) is 0 Å². The van der Waals surface area contributed by atoms with Gasteiger partial charge in [-0.1, -0.05) is 15.9 Å². The Hall–Kier alpha value is -0.900. The van der Waals surface area contributed by atoms with Crippen molar-refractivity contribution < 1.29 is 0 Å². The summed E-state index contributed by atoms with van der Waals surface area (Å²) in [6.45, 7) is 0. The standard InChI is InChI=1S/C7H6BrN3/c8-5-6-2-4-11-7(10-6)1-3-9-11/h1-4H,5H2. The summed E-state index contributed by atoms with van der Waals surface area (Å²) in [5.74, 6) is 0. The molecule has 56 valence electrons. The zero-order valence-corrected chi connectivity index (χ0v) is 7.32. The molecular weight excluding hydrogens is 206 g/mol. The molecule has 0 atom stereocenters. The first kappa shape index (κ1) is 6.79. The van der Waals surface area contributed by atoms with Gasteiger partial charge in [-0.3, -0.25) is 0 Å². The number of nitrogens with zero attached hydrogens (tertiary/aromatic N) is 3. The fourth-order valence-corrected chi connectivity index (χ4v) is 1.24. The van der Waals surface area contributed by atoms with E-state index in [2.05, 4.69) is 26.0 Å². The molecule has 0 aliphatic carbocycles. The van der Waals surface area contributed by atoms with Crippen LogP contribution in [0.15, 0.2) is 24.5 Å². The topological polar surface area (TPSA) is 30.2 Å². The molecular formula is C7H6BrN3. The Balaban J connectivity index is 2.67. The van der Waals surface area contributed by atoms with Gasteiger partial charge in [-0.2, -0.15) is 5.10 Å². The molecule has 0 aromatic carbocycles. The Morgan fingerprint density at radius 3 is 3.18 bits per heavy atom. The van der Waals surface area contributed by atoms with Gasteiger partial charge < -0.3 is 0 Å². The third-order valence-corrected chi connectivity index (χ3v) is 2.03. The molecule has 2 aromatic rings. The molecule has 2 heterocycles. The minimum absolute atomic E-state index is 0.786. The maximum atomic E-state index is 4.31. The fraction of sp³-hybridized carbons (Fsp3) is 0.143. The first-order valence-corrected chi connectivity index (χ1v) is 4.37. The third kappa shape index (κ3) is 1.14. The lowest BCUT2D eigenvalue weighted by Gasteiger charge is -1.94. The number of rotatable bonds is 1. The monoisotopic (exact) mass is 211 g/mol. The molecule has 0 spiro atoms. The van der Waals surface area contributed by atoms with Gasteiger partial charge >= 0.3 is 0 Å². The van der Waals surface area contributed by atoms with E-state index in [0.717, 1.165) is 16.7 Å². The highest BCUT2D eigenvalue weighted by Crippen LogP contribution is 2.03. The average molecular weight is 212 g/mol. The summed E-state index contributed by atoms with van der Waals surface area (Å²) in [6.07, 6.45) is 3.64. The molecule has 0 saturated heterocycles. The highest BCUT2D eigenvalue weighted by molar-refractivity contribution is 9.08. The van der Waals surface area contributed by atoms with Gasteiger partial charge in [-0.05, 0) is 6.07 Å². The average Bonchev–Trinajstić information content (AvgIpc) is 2.50. The quantitative estimate of drug-likeness (QED) is 0.672. The lowest BCUT2D eigenvalue weighted by Crippen LogP contribution is -1.91. The number of alkyl halides is 1. The van der Waals surface area contributed by atoms with Crippen LogP contribution in [0.25, 0.3) is 5.65 Å². The molecule has 0 bridgehead atoms. The molecule has 4 heteroatoms. The molecule has 0 saturated carbocycles. The summed E-state index contributed by atoms with van der Waals surface area (Å²) in [5, 5.41) is 4.82. The smallest absolute Gasteiger partial charge is 0.155 e. The highest BCUT2D eigenvalue weighted by Gasteiger charge is 1.95. The Kier molecular flexibility index (Phi) is 1.62. The maximum absolute atomic E-state index is 4.31.